The fourth-order valence-corrected chi connectivity index (χ4v) is 1.78. The summed E-state index contributed by atoms with van der Waals surface area (Å²) in [4.78, 5) is 22.3. The average Bonchev–Trinajstić information content (AvgIpc) is 2.37. The van der Waals surface area contributed by atoms with E-state index in [0.29, 0.717) is 19.0 Å². The number of hydrogen-bond donors (Lipinski definition) is 1. The predicted molar refractivity (Wildman–Crippen MR) is 71.4 cm³/mol. The number of carboxylic acid groups (broad SMARTS) is 1. The van der Waals surface area contributed by atoms with E-state index >= 15 is 0 Å². The van der Waals surface area contributed by atoms with Crippen LogP contribution in [0.15, 0.2) is 12.1 Å². The van der Waals surface area contributed by atoms with Crippen LogP contribution >= 0.6 is 0 Å². The third-order valence-corrected chi connectivity index (χ3v) is 2.61. The Labute approximate surface area is 115 Å². The summed E-state index contributed by atoms with van der Waals surface area (Å²) in [6.07, 6.45) is 5.85. The van der Waals surface area contributed by atoms with Crippen LogP contribution in [0.3, 0.4) is 0 Å². The second-order valence-corrected chi connectivity index (χ2v) is 4.01. The minimum Gasteiger partial charge on any atom is -0.477 e. The van der Waals surface area contributed by atoms with E-state index in [0.717, 1.165) is 6.07 Å². The molecule has 0 atom stereocenters. The highest BCUT2D eigenvalue weighted by Crippen LogP contribution is 2.28. The molecule has 1 N–H and O–H groups in total. The minimum atomic E-state index is -1.49. The summed E-state index contributed by atoms with van der Waals surface area (Å²) in [5, 5.41) is 19.7. The standard InChI is InChI=1S/C13H13FN2O4/c1-3-5-15(6-4-2)12-7-9(13(17)18)11(16(19)20)8-10(12)14/h1,7-8H,4-6H2,2H3,(H,17,18). The quantitative estimate of drug-likeness (QED) is 0.491. The Hall–Kier alpha value is -2.62. The zero-order valence-corrected chi connectivity index (χ0v) is 10.8. The first-order valence-corrected chi connectivity index (χ1v) is 5.82. The summed E-state index contributed by atoms with van der Waals surface area (Å²) >= 11 is 0. The normalized spacial score (nSPS) is 9.85. The SMILES string of the molecule is C#CCN(CCC)c1cc(C(=O)O)c([N+](=O)[O-])cc1F. The van der Waals surface area contributed by atoms with Crippen molar-refractivity contribution in [3.05, 3.63) is 33.6 Å². The molecule has 0 spiro atoms. The monoisotopic (exact) mass is 280 g/mol. The first-order chi connectivity index (χ1) is 9.42. The van der Waals surface area contributed by atoms with Crippen molar-refractivity contribution in [3.63, 3.8) is 0 Å². The first-order valence-electron chi connectivity index (χ1n) is 5.82. The molecule has 0 saturated heterocycles. The largest absolute Gasteiger partial charge is 0.477 e. The molecular formula is C13H13FN2O4. The Morgan fingerprint density at radius 2 is 2.25 bits per heavy atom. The van der Waals surface area contributed by atoms with Gasteiger partial charge in [-0.25, -0.2) is 9.18 Å². The van der Waals surface area contributed by atoms with E-state index in [4.69, 9.17) is 11.5 Å². The predicted octanol–water partition coefficient (Wildman–Crippen LogP) is 2.28. The van der Waals surface area contributed by atoms with Crippen molar-refractivity contribution in [2.24, 2.45) is 0 Å². The van der Waals surface area contributed by atoms with E-state index in [1.807, 2.05) is 6.92 Å². The van der Waals surface area contributed by atoms with Gasteiger partial charge in [0, 0.05) is 6.54 Å². The van der Waals surface area contributed by atoms with Crippen molar-refractivity contribution in [2.75, 3.05) is 18.0 Å². The molecule has 0 bridgehead atoms. The van der Waals surface area contributed by atoms with Gasteiger partial charge < -0.3 is 10.0 Å². The van der Waals surface area contributed by atoms with E-state index in [1.54, 1.807) is 0 Å². The van der Waals surface area contributed by atoms with Gasteiger partial charge in [0.15, 0.2) is 5.82 Å². The van der Waals surface area contributed by atoms with Crippen LogP contribution in [0.4, 0.5) is 15.8 Å². The highest BCUT2D eigenvalue weighted by atomic mass is 19.1. The van der Waals surface area contributed by atoms with Gasteiger partial charge in [0.2, 0.25) is 0 Å². The number of hydrogen-bond acceptors (Lipinski definition) is 4. The van der Waals surface area contributed by atoms with E-state index in [1.165, 1.54) is 4.90 Å². The van der Waals surface area contributed by atoms with E-state index in [2.05, 4.69) is 5.92 Å². The van der Waals surface area contributed by atoms with Gasteiger partial charge in [0.25, 0.3) is 5.69 Å². The van der Waals surface area contributed by atoms with Gasteiger partial charge in [0.1, 0.15) is 5.56 Å². The third-order valence-electron chi connectivity index (χ3n) is 2.61. The van der Waals surface area contributed by atoms with Crippen molar-refractivity contribution >= 4 is 17.3 Å². The summed E-state index contributed by atoms with van der Waals surface area (Å²) in [6, 6.07) is 1.56. The number of carbonyl (C=O) groups is 1. The molecule has 0 aliphatic heterocycles. The molecule has 0 radical (unpaired) electrons. The molecule has 0 saturated carbocycles. The maximum Gasteiger partial charge on any atom is 0.342 e. The van der Waals surface area contributed by atoms with E-state index in [-0.39, 0.29) is 12.2 Å². The number of nitro groups is 1. The van der Waals surface area contributed by atoms with Crippen LogP contribution in [0.1, 0.15) is 23.7 Å². The lowest BCUT2D eigenvalue weighted by atomic mass is 10.1. The van der Waals surface area contributed by atoms with Crippen molar-refractivity contribution in [2.45, 2.75) is 13.3 Å². The molecule has 0 aliphatic carbocycles. The molecule has 0 amide bonds. The lowest BCUT2D eigenvalue weighted by Gasteiger charge is -2.22. The fourth-order valence-electron chi connectivity index (χ4n) is 1.78. The molecule has 1 aromatic rings. The maximum atomic E-state index is 13.9. The van der Waals surface area contributed by atoms with Crippen LogP contribution in [0.5, 0.6) is 0 Å². The number of carboxylic acids is 1. The van der Waals surface area contributed by atoms with Gasteiger partial charge in [0.05, 0.1) is 23.2 Å². The highest BCUT2D eigenvalue weighted by Gasteiger charge is 2.25. The van der Waals surface area contributed by atoms with Gasteiger partial charge >= 0.3 is 5.97 Å². The minimum absolute atomic E-state index is 0.0483. The van der Waals surface area contributed by atoms with Crippen LogP contribution in [-0.2, 0) is 0 Å². The van der Waals surface area contributed by atoms with E-state index < -0.39 is 28.0 Å². The lowest BCUT2D eigenvalue weighted by molar-refractivity contribution is -0.385. The van der Waals surface area contributed by atoms with Crippen molar-refractivity contribution in [1.29, 1.82) is 0 Å². The van der Waals surface area contributed by atoms with Crippen LogP contribution in [0.25, 0.3) is 0 Å². The zero-order chi connectivity index (χ0) is 15.3. The smallest absolute Gasteiger partial charge is 0.342 e. The number of rotatable bonds is 6. The van der Waals surface area contributed by atoms with Crippen molar-refractivity contribution in [3.8, 4) is 12.3 Å². The average molecular weight is 280 g/mol. The van der Waals surface area contributed by atoms with Gasteiger partial charge in [-0.2, -0.15) is 0 Å². The lowest BCUT2D eigenvalue weighted by Crippen LogP contribution is -2.26. The number of benzene rings is 1. The molecule has 6 nitrogen and oxygen atoms in total. The maximum absolute atomic E-state index is 13.9. The Morgan fingerprint density at radius 3 is 2.70 bits per heavy atom. The first kappa shape index (κ1) is 15.4. The Balaban J connectivity index is 3.41. The summed E-state index contributed by atoms with van der Waals surface area (Å²) in [5.41, 5.74) is -1.40. The van der Waals surface area contributed by atoms with Crippen LogP contribution in [-0.4, -0.2) is 29.1 Å². The Bertz CT molecular complexity index is 580. The number of nitrogens with zero attached hydrogens (tertiary/aromatic N) is 2. The Morgan fingerprint density at radius 1 is 1.60 bits per heavy atom. The van der Waals surface area contributed by atoms with Crippen LogP contribution in [0, 0.1) is 28.3 Å². The molecule has 1 aromatic carbocycles. The van der Waals surface area contributed by atoms with Crippen molar-refractivity contribution < 1.29 is 19.2 Å². The number of halogens is 1. The molecule has 0 heterocycles. The molecule has 0 fully saturated rings. The number of terminal acetylenes is 1. The van der Waals surface area contributed by atoms with Crippen LogP contribution in [0.2, 0.25) is 0 Å². The van der Waals surface area contributed by atoms with Gasteiger partial charge in [-0.1, -0.05) is 12.8 Å². The summed E-state index contributed by atoms with van der Waals surface area (Å²) < 4.78 is 13.9. The molecule has 0 aliphatic rings. The third kappa shape index (κ3) is 3.23. The molecular weight excluding hydrogens is 267 g/mol. The highest BCUT2D eigenvalue weighted by molar-refractivity contribution is 5.93. The molecule has 0 aromatic heterocycles. The summed E-state index contributed by atoms with van der Waals surface area (Å²) in [6.45, 7) is 2.35. The molecule has 0 unspecified atom stereocenters. The number of aromatic carboxylic acids is 1. The second-order valence-electron chi connectivity index (χ2n) is 4.01. The fraction of sp³-hybridized carbons (Fsp3) is 0.308. The Kier molecular flexibility index (Phi) is 5.03. The van der Waals surface area contributed by atoms with Crippen molar-refractivity contribution in [1.82, 2.24) is 0 Å². The van der Waals surface area contributed by atoms with Crippen LogP contribution < -0.4 is 4.90 Å². The topological polar surface area (TPSA) is 83.7 Å². The number of anilines is 1. The molecule has 20 heavy (non-hydrogen) atoms. The zero-order valence-electron chi connectivity index (χ0n) is 10.8. The second kappa shape index (κ2) is 6.52. The summed E-state index contributed by atoms with van der Waals surface area (Å²) in [5.74, 6) is -0.0183. The molecule has 106 valence electrons. The van der Waals surface area contributed by atoms with E-state index in [9.17, 15) is 19.3 Å². The van der Waals surface area contributed by atoms with Gasteiger partial charge in [-0.3, -0.25) is 10.1 Å². The van der Waals surface area contributed by atoms with Gasteiger partial charge in [-0.15, -0.1) is 6.42 Å². The molecule has 7 heteroatoms. The molecule has 1 rings (SSSR count). The number of nitro benzene ring substituents is 1. The van der Waals surface area contributed by atoms with Gasteiger partial charge in [-0.05, 0) is 12.5 Å². The summed E-state index contributed by atoms with van der Waals surface area (Å²) in [7, 11) is 0.